The number of fused-ring (bicyclic) bond motifs is 1. The number of carbonyl (C=O) groups excluding carboxylic acids is 1. The first kappa shape index (κ1) is 18.3. The maximum Gasteiger partial charge on any atom is 0.285 e. The molecule has 28 heavy (non-hydrogen) atoms. The fraction of sp³-hybridized carbons (Fsp3) is 0.381. The molecule has 3 aromatic rings. The molecule has 0 radical (unpaired) electrons. The van der Waals surface area contributed by atoms with Crippen molar-refractivity contribution in [1.82, 2.24) is 19.5 Å². The number of aromatic amines is 1. The number of aromatic hydroxyl groups is 1. The molecule has 1 amide bonds. The normalized spacial score (nSPS) is 17.2. The van der Waals surface area contributed by atoms with Crippen molar-refractivity contribution in [3.05, 3.63) is 63.7 Å². The van der Waals surface area contributed by atoms with Gasteiger partial charge in [-0.15, -0.1) is 0 Å². The van der Waals surface area contributed by atoms with Crippen molar-refractivity contribution in [2.24, 2.45) is 0 Å². The molecule has 2 aromatic heterocycles. The Morgan fingerprint density at radius 3 is 3.00 bits per heavy atom. The van der Waals surface area contributed by atoms with Crippen LogP contribution in [0.1, 0.15) is 47.3 Å². The van der Waals surface area contributed by atoms with E-state index in [4.69, 9.17) is 0 Å². The van der Waals surface area contributed by atoms with E-state index in [1.807, 2.05) is 24.0 Å². The number of phenolic OH excluding ortho intramolecular Hbond substituents is 1. The molecule has 3 heterocycles. The molecule has 7 nitrogen and oxygen atoms in total. The molecule has 7 heteroatoms. The third-order valence-corrected chi connectivity index (χ3v) is 5.42. The van der Waals surface area contributed by atoms with Gasteiger partial charge in [0, 0.05) is 30.5 Å². The van der Waals surface area contributed by atoms with E-state index in [2.05, 4.69) is 10.1 Å². The van der Waals surface area contributed by atoms with Crippen LogP contribution in [0.25, 0.3) is 5.65 Å². The number of nitrogens with zero attached hydrogens (tertiary/aromatic N) is 3. The molecule has 0 bridgehead atoms. The Morgan fingerprint density at radius 1 is 1.32 bits per heavy atom. The van der Waals surface area contributed by atoms with Gasteiger partial charge < -0.3 is 10.0 Å². The van der Waals surface area contributed by atoms with Crippen LogP contribution in [0.3, 0.4) is 0 Å². The number of hydrogen-bond acceptors (Lipinski definition) is 4. The van der Waals surface area contributed by atoms with Gasteiger partial charge in [0.1, 0.15) is 11.3 Å². The van der Waals surface area contributed by atoms with E-state index >= 15 is 0 Å². The summed E-state index contributed by atoms with van der Waals surface area (Å²) in [6.45, 7) is 2.49. The van der Waals surface area contributed by atoms with E-state index in [0.29, 0.717) is 12.2 Å². The number of likely N-dealkylation sites (tertiary alicyclic amines) is 1. The summed E-state index contributed by atoms with van der Waals surface area (Å²) in [6, 6.07) is 9.07. The summed E-state index contributed by atoms with van der Waals surface area (Å²) in [7, 11) is 0. The number of H-pyrrole nitrogens is 1. The summed E-state index contributed by atoms with van der Waals surface area (Å²) in [6.07, 6.45) is 5.90. The van der Waals surface area contributed by atoms with Crippen molar-refractivity contribution in [2.45, 2.75) is 45.1 Å². The highest BCUT2D eigenvalue weighted by Crippen LogP contribution is 2.23. The maximum atomic E-state index is 13.2. The first-order chi connectivity index (χ1) is 13.5. The fourth-order valence-corrected chi connectivity index (χ4v) is 4.00. The van der Waals surface area contributed by atoms with E-state index in [-0.39, 0.29) is 28.8 Å². The Labute approximate surface area is 162 Å². The monoisotopic (exact) mass is 380 g/mol. The molecule has 1 aromatic carbocycles. The first-order valence-corrected chi connectivity index (χ1v) is 9.69. The number of rotatable bonds is 4. The summed E-state index contributed by atoms with van der Waals surface area (Å²) in [5.41, 5.74) is 2.11. The minimum atomic E-state index is -0.361. The Balaban J connectivity index is 1.56. The van der Waals surface area contributed by atoms with Crippen molar-refractivity contribution in [3.63, 3.8) is 0 Å². The SMILES string of the molecule is Cc1cc2ncc(C(=O)N3CCCC[C@@H]3CCc3cccc(O)c3)c(=O)n2[nH]1. The van der Waals surface area contributed by atoms with Gasteiger partial charge >= 0.3 is 0 Å². The number of phenols is 1. The molecule has 1 aliphatic heterocycles. The number of carbonyl (C=O) groups is 1. The predicted octanol–water partition coefficient (Wildman–Crippen LogP) is 2.66. The summed E-state index contributed by atoms with van der Waals surface area (Å²) in [5.74, 6) is 0.00229. The maximum absolute atomic E-state index is 13.2. The van der Waals surface area contributed by atoms with E-state index < -0.39 is 0 Å². The number of piperidine rings is 1. The van der Waals surface area contributed by atoms with Crippen molar-refractivity contribution >= 4 is 11.6 Å². The predicted molar refractivity (Wildman–Crippen MR) is 106 cm³/mol. The smallest absolute Gasteiger partial charge is 0.285 e. The Morgan fingerprint density at radius 2 is 2.18 bits per heavy atom. The summed E-state index contributed by atoms with van der Waals surface area (Å²) >= 11 is 0. The zero-order valence-corrected chi connectivity index (χ0v) is 15.9. The van der Waals surface area contributed by atoms with Gasteiger partial charge in [0.25, 0.3) is 11.5 Å². The Bertz CT molecular complexity index is 1070. The molecule has 0 unspecified atom stereocenters. The largest absolute Gasteiger partial charge is 0.508 e. The summed E-state index contributed by atoms with van der Waals surface area (Å²) < 4.78 is 1.33. The zero-order chi connectivity index (χ0) is 19.7. The summed E-state index contributed by atoms with van der Waals surface area (Å²) in [5, 5.41) is 12.6. The lowest BCUT2D eigenvalue weighted by Crippen LogP contribution is -2.45. The second kappa shape index (κ2) is 7.50. The molecule has 1 fully saturated rings. The third kappa shape index (κ3) is 3.52. The quantitative estimate of drug-likeness (QED) is 0.728. The molecule has 0 spiro atoms. The van der Waals surface area contributed by atoms with Crippen LogP contribution in [0.15, 0.2) is 41.3 Å². The highest BCUT2D eigenvalue weighted by Gasteiger charge is 2.29. The molecule has 1 aliphatic rings. The van der Waals surface area contributed by atoms with Gasteiger partial charge in [-0.2, -0.15) is 0 Å². The van der Waals surface area contributed by atoms with Crippen molar-refractivity contribution in [1.29, 1.82) is 0 Å². The minimum Gasteiger partial charge on any atom is -0.508 e. The summed E-state index contributed by atoms with van der Waals surface area (Å²) in [4.78, 5) is 32.0. The topological polar surface area (TPSA) is 90.7 Å². The Hall–Kier alpha value is -3.09. The average Bonchev–Trinajstić information content (AvgIpc) is 3.08. The highest BCUT2D eigenvalue weighted by atomic mass is 16.3. The second-order valence-corrected chi connectivity index (χ2v) is 7.47. The number of nitrogens with one attached hydrogen (secondary N) is 1. The lowest BCUT2D eigenvalue weighted by atomic mass is 9.95. The minimum absolute atomic E-state index is 0.0778. The van der Waals surface area contributed by atoms with Gasteiger partial charge in [-0.05, 0) is 56.7 Å². The van der Waals surface area contributed by atoms with Crippen molar-refractivity contribution in [3.8, 4) is 5.75 Å². The zero-order valence-electron chi connectivity index (χ0n) is 15.9. The molecule has 2 N–H and O–H groups in total. The van der Waals surface area contributed by atoms with Gasteiger partial charge in [0.2, 0.25) is 0 Å². The number of amides is 1. The van der Waals surface area contributed by atoms with Crippen LogP contribution in [0.4, 0.5) is 0 Å². The van der Waals surface area contributed by atoms with Crippen LogP contribution in [-0.2, 0) is 6.42 Å². The van der Waals surface area contributed by atoms with Gasteiger partial charge in [0.05, 0.1) is 0 Å². The molecule has 146 valence electrons. The van der Waals surface area contributed by atoms with E-state index in [0.717, 1.165) is 43.4 Å². The van der Waals surface area contributed by atoms with Crippen LogP contribution in [-0.4, -0.2) is 43.1 Å². The molecule has 1 atom stereocenters. The molecule has 0 aliphatic carbocycles. The fourth-order valence-electron chi connectivity index (χ4n) is 4.00. The third-order valence-electron chi connectivity index (χ3n) is 5.42. The second-order valence-electron chi connectivity index (χ2n) is 7.47. The number of benzene rings is 1. The van der Waals surface area contributed by atoms with E-state index in [1.165, 1.54) is 10.7 Å². The molecule has 4 rings (SSSR count). The number of hydrogen-bond donors (Lipinski definition) is 2. The van der Waals surface area contributed by atoms with Crippen molar-refractivity contribution < 1.29 is 9.90 Å². The molecular formula is C21H24N4O3. The number of aromatic nitrogens is 3. The van der Waals surface area contributed by atoms with Crippen LogP contribution < -0.4 is 5.56 Å². The highest BCUT2D eigenvalue weighted by molar-refractivity contribution is 5.94. The van der Waals surface area contributed by atoms with Gasteiger partial charge in [-0.1, -0.05) is 12.1 Å². The van der Waals surface area contributed by atoms with E-state index in [9.17, 15) is 14.7 Å². The number of aryl methyl sites for hydroxylation is 2. The van der Waals surface area contributed by atoms with Crippen LogP contribution in [0, 0.1) is 6.92 Å². The van der Waals surface area contributed by atoms with Gasteiger partial charge in [-0.3, -0.25) is 14.7 Å². The molecule has 1 saturated heterocycles. The molecular weight excluding hydrogens is 356 g/mol. The molecule has 0 saturated carbocycles. The van der Waals surface area contributed by atoms with Crippen LogP contribution in [0.2, 0.25) is 0 Å². The first-order valence-electron chi connectivity index (χ1n) is 9.69. The van der Waals surface area contributed by atoms with Gasteiger partial charge in [-0.25, -0.2) is 9.50 Å². The van der Waals surface area contributed by atoms with Crippen LogP contribution >= 0.6 is 0 Å². The van der Waals surface area contributed by atoms with Crippen LogP contribution in [0.5, 0.6) is 5.75 Å². The van der Waals surface area contributed by atoms with E-state index in [1.54, 1.807) is 18.2 Å². The lowest BCUT2D eigenvalue weighted by molar-refractivity contribution is 0.0599. The average molecular weight is 380 g/mol. The van der Waals surface area contributed by atoms with Gasteiger partial charge in [0.15, 0.2) is 5.65 Å². The standard InChI is InChI=1S/C21H24N4O3/c1-14-11-19-22-13-18(21(28)25(19)23-14)20(27)24-10-3-2-6-16(24)9-8-15-5-4-7-17(26)12-15/h4-5,7,11-13,16,23,26H,2-3,6,8-10H2,1H3/t16-/m1/s1. The Kier molecular flexibility index (Phi) is 4.90. The lowest BCUT2D eigenvalue weighted by Gasteiger charge is -2.35. The van der Waals surface area contributed by atoms with Crippen molar-refractivity contribution in [2.75, 3.05) is 6.54 Å².